The predicted molar refractivity (Wildman–Crippen MR) is 91.9 cm³/mol. The summed E-state index contributed by atoms with van der Waals surface area (Å²) in [7, 11) is 0. The van der Waals surface area contributed by atoms with E-state index >= 15 is 0 Å². The van der Waals surface area contributed by atoms with E-state index in [4.69, 9.17) is 0 Å². The van der Waals surface area contributed by atoms with E-state index < -0.39 is 5.60 Å². The largest absolute Gasteiger partial charge is 0.385 e. The van der Waals surface area contributed by atoms with Gasteiger partial charge in [-0.25, -0.2) is 0 Å². The molecule has 0 spiro atoms. The molecule has 2 heteroatoms. The maximum Gasteiger partial charge on any atom is 0.155 e. The van der Waals surface area contributed by atoms with Crippen LogP contribution in [0.15, 0.2) is 24.3 Å². The van der Waals surface area contributed by atoms with Gasteiger partial charge in [0.1, 0.15) is 0 Å². The number of allylic oxidation sites excluding steroid dienone is 1. The second kappa shape index (κ2) is 4.81. The lowest BCUT2D eigenvalue weighted by Crippen LogP contribution is -2.54. The van der Waals surface area contributed by atoms with Gasteiger partial charge < -0.3 is 5.11 Å². The lowest BCUT2D eigenvalue weighted by Gasteiger charge is -2.58. The van der Waals surface area contributed by atoms with Crippen molar-refractivity contribution in [3.8, 4) is 0 Å². The van der Waals surface area contributed by atoms with Gasteiger partial charge in [0, 0.05) is 11.8 Å². The monoisotopic (exact) mass is 314 g/mol. The summed E-state index contributed by atoms with van der Waals surface area (Å²) in [6, 6.07) is 0. The van der Waals surface area contributed by atoms with E-state index in [2.05, 4.69) is 20.4 Å². The highest BCUT2D eigenvalue weighted by atomic mass is 16.3. The summed E-state index contributed by atoms with van der Waals surface area (Å²) in [5.74, 6) is 2.35. The van der Waals surface area contributed by atoms with Crippen molar-refractivity contribution in [2.24, 2.45) is 28.6 Å². The Hall–Kier alpha value is -0.890. The van der Waals surface area contributed by atoms with Gasteiger partial charge in [0.05, 0.1) is 5.60 Å². The molecular formula is C21H30O2. The second-order valence-corrected chi connectivity index (χ2v) is 9.09. The molecule has 4 aliphatic rings. The number of hydrogen-bond donors (Lipinski definition) is 1. The van der Waals surface area contributed by atoms with Crippen LogP contribution < -0.4 is 0 Å². The summed E-state index contributed by atoms with van der Waals surface area (Å²) in [5.41, 5.74) is 0.975. The minimum Gasteiger partial charge on any atom is -0.385 e. The first-order chi connectivity index (χ1) is 10.8. The van der Waals surface area contributed by atoms with Crippen LogP contribution in [0.5, 0.6) is 0 Å². The SMILES string of the molecule is C=C[C@]1(O)CC[C@H]2[C@@H]3CCC4=CC(=O)CC[C@]4(C)[C@H]3CC[C@@]21C. The van der Waals surface area contributed by atoms with Crippen LogP contribution in [-0.2, 0) is 4.79 Å². The number of fused-ring (bicyclic) bond motifs is 5. The fourth-order valence-corrected chi connectivity index (χ4v) is 6.95. The number of aliphatic hydroxyl groups is 1. The summed E-state index contributed by atoms with van der Waals surface area (Å²) in [6.45, 7) is 8.67. The minimum absolute atomic E-state index is 0.00200. The van der Waals surface area contributed by atoms with Crippen molar-refractivity contribution in [1.82, 2.24) is 0 Å². The fourth-order valence-electron chi connectivity index (χ4n) is 6.95. The zero-order chi connectivity index (χ0) is 16.5. The Morgan fingerprint density at radius 3 is 2.61 bits per heavy atom. The third-order valence-electron chi connectivity index (χ3n) is 8.51. The maximum absolute atomic E-state index is 11.9. The van der Waals surface area contributed by atoms with Gasteiger partial charge in [-0.2, -0.15) is 0 Å². The molecule has 1 N–H and O–H groups in total. The van der Waals surface area contributed by atoms with E-state index in [1.54, 1.807) is 0 Å². The molecule has 3 fully saturated rings. The molecule has 0 unspecified atom stereocenters. The topological polar surface area (TPSA) is 37.3 Å². The van der Waals surface area contributed by atoms with Gasteiger partial charge in [-0.15, -0.1) is 6.58 Å². The van der Waals surface area contributed by atoms with E-state index in [0.29, 0.717) is 23.5 Å². The number of carbonyl (C=O) groups excluding carboxylic acids is 1. The van der Waals surface area contributed by atoms with E-state index in [0.717, 1.165) is 38.5 Å². The summed E-state index contributed by atoms with van der Waals surface area (Å²) in [4.78, 5) is 11.9. The van der Waals surface area contributed by atoms with Crippen LogP contribution in [-0.4, -0.2) is 16.5 Å². The van der Waals surface area contributed by atoms with Crippen molar-refractivity contribution in [2.45, 2.75) is 70.8 Å². The van der Waals surface area contributed by atoms with Crippen LogP contribution >= 0.6 is 0 Å². The number of ketones is 1. The van der Waals surface area contributed by atoms with Gasteiger partial charge in [-0.1, -0.05) is 25.5 Å². The molecule has 0 aromatic carbocycles. The molecule has 0 saturated heterocycles. The average molecular weight is 314 g/mol. The van der Waals surface area contributed by atoms with Crippen molar-refractivity contribution in [2.75, 3.05) is 0 Å². The van der Waals surface area contributed by atoms with Gasteiger partial charge in [0.25, 0.3) is 0 Å². The van der Waals surface area contributed by atoms with Crippen LogP contribution in [0.2, 0.25) is 0 Å². The molecule has 0 aromatic rings. The van der Waals surface area contributed by atoms with Gasteiger partial charge in [0.2, 0.25) is 0 Å². The Morgan fingerprint density at radius 2 is 1.87 bits per heavy atom. The van der Waals surface area contributed by atoms with Crippen LogP contribution in [0.4, 0.5) is 0 Å². The quantitative estimate of drug-likeness (QED) is 0.727. The maximum atomic E-state index is 11.9. The highest BCUT2D eigenvalue weighted by Crippen LogP contribution is 2.67. The molecule has 0 radical (unpaired) electrons. The smallest absolute Gasteiger partial charge is 0.155 e. The molecule has 6 atom stereocenters. The van der Waals surface area contributed by atoms with Gasteiger partial charge in [-0.3, -0.25) is 4.79 Å². The zero-order valence-corrected chi connectivity index (χ0v) is 14.6. The molecule has 0 aliphatic heterocycles. The number of carbonyl (C=O) groups is 1. The molecule has 0 amide bonds. The number of hydrogen-bond acceptors (Lipinski definition) is 2. The Labute approximate surface area is 140 Å². The number of rotatable bonds is 1. The van der Waals surface area contributed by atoms with Crippen LogP contribution in [0.1, 0.15) is 65.2 Å². The first-order valence-corrected chi connectivity index (χ1v) is 9.44. The van der Waals surface area contributed by atoms with Crippen molar-refractivity contribution in [3.05, 3.63) is 24.3 Å². The van der Waals surface area contributed by atoms with E-state index in [-0.39, 0.29) is 10.8 Å². The molecule has 0 heterocycles. The van der Waals surface area contributed by atoms with Gasteiger partial charge >= 0.3 is 0 Å². The Morgan fingerprint density at radius 1 is 1.13 bits per heavy atom. The lowest BCUT2D eigenvalue weighted by atomic mass is 9.46. The van der Waals surface area contributed by atoms with Crippen LogP contribution in [0.3, 0.4) is 0 Å². The standard InChI is InChI=1S/C21H30O2/c1-4-21(23)12-9-18-16-6-5-14-13-15(22)7-10-19(14,2)17(16)8-11-20(18,21)3/h4,13,16-18,23H,1,5-12H2,2-3H3/t16-,17+,18+,19+,20+,21+/m1/s1. The normalized spacial score (nSPS) is 52.2. The summed E-state index contributed by atoms with van der Waals surface area (Å²) in [6.07, 6.45) is 12.1. The Kier molecular flexibility index (Phi) is 3.27. The second-order valence-electron chi connectivity index (χ2n) is 9.09. The summed E-state index contributed by atoms with van der Waals surface area (Å²) < 4.78 is 0. The average Bonchev–Trinajstić information content (AvgIpc) is 2.80. The first-order valence-electron chi connectivity index (χ1n) is 9.44. The summed E-state index contributed by atoms with van der Waals surface area (Å²) >= 11 is 0. The van der Waals surface area contributed by atoms with E-state index in [9.17, 15) is 9.90 Å². The molecule has 23 heavy (non-hydrogen) atoms. The first kappa shape index (κ1) is 15.6. The van der Waals surface area contributed by atoms with E-state index in [1.165, 1.54) is 18.4 Å². The molecule has 3 saturated carbocycles. The molecule has 0 bridgehead atoms. The molecule has 126 valence electrons. The third kappa shape index (κ3) is 1.88. The van der Waals surface area contributed by atoms with Gasteiger partial charge in [-0.05, 0) is 74.2 Å². The predicted octanol–water partition coefficient (Wildman–Crippen LogP) is 4.44. The fraction of sp³-hybridized carbons (Fsp3) is 0.762. The van der Waals surface area contributed by atoms with E-state index in [1.807, 2.05) is 12.2 Å². The summed E-state index contributed by atoms with van der Waals surface area (Å²) in [5, 5.41) is 11.1. The minimum atomic E-state index is -0.678. The molecule has 4 rings (SSSR count). The van der Waals surface area contributed by atoms with Crippen molar-refractivity contribution in [3.63, 3.8) is 0 Å². The lowest BCUT2D eigenvalue weighted by molar-refractivity contribution is -0.120. The molecule has 2 nitrogen and oxygen atoms in total. The zero-order valence-electron chi connectivity index (χ0n) is 14.6. The van der Waals surface area contributed by atoms with Crippen molar-refractivity contribution in [1.29, 1.82) is 0 Å². The highest BCUT2D eigenvalue weighted by Gasteiger charge is 2.62. The highest BCUT2D eigenvalue weighted by molar-refractivity contribution is 5.91. The van der Waals surface area contributed by atoms with Crippen molar-refractivity contribution >= 4 is 5.78 Å². The molecular weight excluding hydrogens is 284 g/mol. The van der Waals surface area contributed by atoms with Crippen LogP contribution in [0, 0.1) is 28.6 Å². The third-order valence-corrected chi connectivity index (χ3v) is 8.51. The molecule has 4 aliphatic carbocycles. The molecule has 0 aromatic heterocycles. The van der Waals surface area contributed by atoms with Crippen LogP contribution in [0.25, 0.3) is 0 Å². The Bertz CT molecular complexity index is 591. The van der Waals surface area contributed by atoms with Gasteiger partial charge in [0.15, 0.2) is 5.78 Å². The Balaban J connectivity index is 1.70. The van der Waals surface area contributed by atoms with Crippen molar-refractivity contribution < 1.29 is 9.90 Å².